The molecule has 21 heavy (non-hydrogen) atoms. The summed E-state index contributed by atoms with van der Waals surface area (Å²) in [6.45, 7) is 10.9. The molecular weight excluding hydrogens is 266 g/mol. The average Bonchev–Trinajstić information content (AvgIpc) is 2.38. The lowest BCUT2D eigenvalue weighted by Gasteiger charge is -2.26. The number of aliphatic carboxylic acids is 1. The highest BCUT2D eigenvalue weighted by molar-refractivity contribution is 5.78. The van der Waals surface area contributed by atoms with Crippen molar-refractivity contribution in [3.8, 4) is 5.75 Å². The number of hydrogen-bond acceptors (Lipinski definition) is 3. The summed E-state index contributed by atoms with van der Waals surface area (Å²) in [5.74, 6) is 0.385. The predicted molar refractivity (Wildman–Crippen MR) is 85.1 cm³/mol. The van der Waals surface area contributed by atoms with Crippen LogP contribution in [0.5, 0.6) is 5.75 Å². The van der Waals surface area contributed by atoms with Gasteiger partial charge in [0.1, 0.15) is 11.3 Å². The van der Waals surface area contributed by atoms with Gasteiger partial charge in [0.2, 0.25) is 0 Å². The molecule has 0 spiro atoms. The van der Waals surface area contributed by atoms with Crippen molar-refractivity contribution in [1.29, 1.82) is 0 Å². The van der Waals surface area contributed by atoms with Crippen LogP contribution in [0, 0.1) is 6.92 Å². The summed E-state index contributed by atoms with van der Waals surface area (Å²) >= 11 is 0. The third kappa shape index (κ3) is 4.74. The van der Waals surface area contributed by atoms with E-state index in [9.17, 15) is 9.90 Å². The molecule has 0 fully saturated rings. The normalized spacial score (nSPS) is 14.0. The fraction of sp³-hybridized carbons (Fsp3) is 0.588. The summed E-state index contributed by atoms with van der Waals surface area (Å²) in [5.41, 5.74) is 1.35. The maximum Gasteiger partial charge on any atom is 0.323 e. The molecule has 2 N–H and O–H groups in total. The van der Waals surface area contributed by atoms with Gasteiger partial charge < -0.3 is 15.2 Å². The van der Waals surface area contributed by atoms with Crippen LogP contribution >= 0.6 is 0 Å². The number of carbonyl (C=O) groups is 1. The quantitative estimate of drug-likeness (QED) is 0.772. The smallest absolute Gasteiger partial charge is 0.323 e. The first-order valence-corrected chi connectivity index (χ1v) is 7.52. The highest BCUT2D eigenvalue weighted by atomic mass is 16.5. The first kappa shape index (κ1) is 17.5. The molecular formula is C17H27NO3. The van der Waals surface area contributed by atoms with E-state index < -0.39 is 11.5 Å². The maximum absolute atomic E-state index is 11.4. The largest absolute Gasteiger partial charge is 0.493 e. The number of aryl methyl sites for hydroxylation is 1. The van der Waals surface area contributed by atoms with Crippen LogP contribution in [-0.2, 0) is 4.79 Å². The SMILES string of the molecule is CCNC(C)(CCOc1cc(C)ccc1C(C)C)C(=O)O. The van der Waals surface area contributed by atoms with Crippen LogP contribution in [0.4, 0.5) is 0 Å². The van der Waals surface area contributed by atoms with Crippen molar-refractivity contribution in [3.05, 3.63) is 29.3 Å². The van der Waals surface area contributed by atoms with E-state index in [-0.39, 0.29) is 0 Å². The molecule has 0 saturated heterocycles. The van der Waals surface area contributed by atoms with Gasteiger partial charge in [-0.05, 0) is 43.5 Å². The van der Waals surface area contributed by atoms with E-state index in [2.05, 4.69) is 31.3 Å². The zero-order chi connectivity index (χ0) is 16.0. The average molecular weight is 293 g/mol. The van der Waals surface area contributed by atoms with E-state index in [0.717, 1.165) is 16.9 Å². The Labute approximate surface area is 127 Å². The molecule has 0 radical (unpaired) electrons. The Hall–Kier alpha value is -1.55. The van der Waals surface area contributed by atoms with Crippen LogP contribution in [0.25, 0.3) is 0 Å². The van der Waals surface area contributed by atoms with Crippen molar-refractivity contribution in [2.45, 2.75) is 52.5 Å². The topological polar surface area (TPSA) is 58.6 Å². The van der Waals surface area contributed by atoms with Crippen molar-refractivity contribution >= 4 is 5.97 Å². The van der Waals surface area contributed by atoms with Crippen LogP contribution in [-0.4, -0.2) is 29.8 Å². The Morgan fingerprint density at radius 1 is 1.43 bits per heavy atom. The zero-order valence-electron chi connectivity index (χ0n) is 13.7. The van der Waals surface area contributed by atoms with E-state index in [1.807, 2.05) is 19.9 Å². The Kier molecular flexibility index (Phi) is 6.21. The molecule has 1 unspecified atom stereocenters. The Bertz CT molecular complexity index is 485. The van der Waals surface area contributed by atoms with Gasteiger partial charge in [-0.3, -0.25) is 4.79 Å². The summed E-state index contributed by atoms with van der Waals surface area (Å²) in [6, 6.07) is 6.17. The van der Waals surface area contributed by atoms with Crippen LogP contribution in [0.1, 0.15) is 51.2 Å². The van der Waals surface area contributed by atoms with Crippen molar-refractivity contribution in [1.82, 2.24) is 5.32 Å². The predicted octanol–water partition coefficient (Wildman–Crippen LogP) is 3.34. The first-order chi connectivity index (χ1) is 9.80. The third-order valence-electron chi connectivity index (χ3n) is 3.69. The number of likely N-dealkylation sites (N-methyl/N-ethyl adjacent to an activating group) is 1. The summed E-state index contributed by atoms with van der Waals surface area (Å²) in [5, 5.41) is 12.3. The van der Waals surface area contributed by atoms with Crippen molar-refractivity contribution in [3.63, 3.8) is 0 Å². The van der Waals surface area contributed by atoms with Gasteiger partial charge in [-0.15, -0.1) is 0 Å². The minimum atomic E-state index is -0.948. The van der Waals surface area contributed by atoms with Gasteiger partial charge in [0.05, 0.1) is 6.61 Å². The molecule has 0 aliphatic carbocycles. The molecule has 4 heteroatoms. The molecule has 118 valence electrons. The lowest BCUT2D eigenvalue weighted by atomic mass is 9.98. The molecule has 1 aromatic rings. The van der Waals surface area contributed by atoms with Gasteiger partial charge in [-0.2, -0.15) is 0 Å². The molecule has 0 saturated carbocycles. The van der Waals surface area contributed by atoms with Crippen LogP contribution < -0.4 is 10.1 Å². The number of benzene rings is 1. The lowest BCUT2D eigenvalue weighted by Crippen LogP contribution is -2.50. The molecule has 0 amide bonds. The minimum absolute atomic E-state index is 0.374. The monoisotopic (exact) mass is 293 g/mol. The van der Waals surface area contributed by atoms with E-state index in [1.54, 1.807) is 6.92 Å². The van der Waals surface area contributed by atoms with Gasteiger partial charge in [-0.1, -0.05) is 32.9 Å². The second kappa shape index (κ2) is 7.46. The molecule has 0 aliphatic heterocycles. The molecule has 4 nitrogen and oxygen atoms in total. The summed E-state index contributed by atoms with van der Waals surface area (Å²) in [7, 11) is 0. The fourth-order valence-corrected chi connectivity index (χ4v) is 2.27. The molecule has 0 bridgehead atoms. The Balaban J connectivity index is 2.75. The highest BCUT2D eigenvalue weighted by Gasteiger charge is 2.31. The third-order valence-corrected chi connectivity index (χ3v) is 3.69. The number of carboxylic acids is 1. The Morgan fingerprint density at radius 3 is 2.62 bits per heavy atom. The number of nitrogens with one attached hydrogen (secondary N) is 1. The second-order valence-electron chi connectivity index (χ2n) is 5.96. The number of hydrogen-bond donors (Lipinski definition) is 2. The van der Waals surface area contributed by atoms with Gasteiger partial charge >= 0.3 is 5.97 Å². The van der Waals surface area contributed by atoms with Crippen LogP contribution in [0.15, 0.2) is 18.2 Å². The Morgan fingerprint density at radius 2 is 2.10 bits per heavy atom. The standard InChI is InChI=1S/C17H27NO3/c1-6-18-17(5,16(19)20)9-10-21-15-11-13(4)7-8-14(15)12(2)3/h7-8,11-12,18H,6,9-10H2,1-5H3,(H,19,20). The second-order valence-corrected chi connectivity index (χ2v) is 5.96. The van der Waals surface area contributed by atoms with E-state index in [4.69, 9.17) is 4.74 Å². The molecule has 0 heterocycles. The molecule has 1 aromatic carbocycles. The van der Waals surface area contributed by atoms with Crippen molar-refractivity contribution < 1.29 is 14.6 Å². The summed E-state index contributed by atoms with van der Waals surface area (Å²) in [6.07, 6.45) is 0.418. The number of carboxylic acid groups (broad SMARTS) is 1. The van der Waals surface area contributed by atoms with Gasteiger partial charge in [0, 0.05) is 6.42 Å². The fourth-order valence-electron chi connectivity index (χ4n) is 2.27. The lowest BCUT2D eigenvalue weighted by molar-refractivity contribution is -0.144. The van der Waals surface area contributed by atoms with E-state index >= 15 is 0 Å². The van der Waals surface area contributed by atoms with E-state index in [1.165, 1.54) is 0 Å². The molecule has 1 rings (SSSR count). The van der Waals surface area contributed by atoms with Crippen molar-refractivity contribution in [2.75, 3.05) is 13.2 Å². The van der Waals surface area contributed by atoms with E-state index in [0.29, 0.717) is 25.5 Å². The molecule has 0 aliphatic rings. The van der Waals surface area contributed by atoms with Gasteiger partial charge in [0.25, 0.3) is 0 Å². The maximum atomic E-state index is 11.4. The van der Waals surface area contributed by atoms with Crippen molar-refractivity contribution in [2.24, 2.45) is 0 Å². The highest BCUT2D eigenvalue weighted by Crippen LogP contribution is 2.28. The number of rotatable bonds is 8. The van der Waals surface area contributed by atoms with Gasteiger partial charge in [0.15, 0.2) is 0 Å². The van der Waals surface area contributed by atoms with Gasteiger partial charge in [-0.25, -0.2) is 0 Å². The zero-order valence-corrected chi connectivity index (χ0v) is 13.7. The summed E-state index contributed by atoms with van der Waals surface area (Å²) in [4.78, 5) is 11.4. The molecule has 1 atom stereocenters. The first-order valence-electron chi connectivity index (χ1n) is 7.52. The van der Waals surface area contributed by atoms with Crippen LogP contribution in [0.3, 0.4) is 0 Å². The number of ether oxygens (including phenoxy) is 1. The summed E-state index contributed by atoms with van der Waals surface area (Å²) < 4.78 is 5.87. The van der Waals surface area contributed by atoms with Crippen LogP contribution in [0.2, 0.25) is 0 Å². The molecule has 0 aromatic heterocycles. The minimum Gasteiger partial charge on any atom is -0.493 e.